The molecule has 1 aliphatic heterocycles. The van der Waals surface area contributed by atoms with Crippen molar-refractivity contribution in [1.82, 2.24) is 5.32 Å². The van der Waals surface area contributed by atoms with Crippen molar-refractivity contribution in [2.75, 3.05) is 20.2 Å². The summed E-state index contributed by atoms with van der Waals surface area (Å²) in [6, 6.07) is 7.42. The average Bonchev–Trinajstić information content (AvgIpc) is 2.45. The summed E-state index contributed by atoms with van der Waals surface area (Å²) in [4.78, 5) is 11.6. The van der Waals surface area contributed by atoms with Crippen LogP contribution in [0, 0.1) is 0 Å². The van der Waals surface area contributed by atoms with Crippen LogP contribution in [0.5, 0.6) is 0 Å². The molecule has 1 heterocycles. The van der Waals surface area contributed by atoms with E-state index in [0.717, 1.165) is 31.5 Å². The van der Waals surface area contributed by atoms with Crippen LogP contribution in [-0.2, 0) is 16.1 Å². The van der Waals surface area contributed by atoms with Crippen LogP contribution in [0.3, 0.4) is 0 Å². The van der Waals surface area contributed by atoms with Gasteiger partial charge in [0.25, 0.3) is 0 Å². The van der Waals surface area contributed by atoms with Crippen molar-refractivity contribution >= 4 is 18.4 Å². The van der Waals surface area contributed by atoms with E-state index >= 15 is 0 Å². The van der Waals surface area contributed by atoms with E-state index in [1.54, 1.807) is 6.07 Å². The molecule has 0 aliphatic carbocycles. The van der Waals surface area contributed by atoms with E-state index in [4.69, 9.17) is 9.47 Å². The molecule has 1 aliphatic rings. The number of hydrogen-bond acceptors (Lipinski definition) is 4. The van der Waals surface area contributed by atoms with Gasteiger partial charge in [0, 0.05) is 0 Å². The lowest BCUT2D eigenvalue weighted by molar-refractivity contribution is 0.0202. The average molecular weight is 286 g/mol. The smallest absolute Gasteiger partial charge is 0.338 e. The summed E-state index contributed by atoms with van der Waals surface area (Å²) < 4.78 is 10.6. The van der Waals surface area contributed by atoms with Crippen molar-refractivity contribution in [3.63, 3.8) is 0 Å². The van der Waals surface area contributed by atoms with Gasteiger partial charge in [-0.2, -0.15) is 0 Å². The van der Waals surface area contributed by atoms with Crippen LogP contribution in [0.1, 0.15) is 28.8 Å². The molecule has 0 bridgehead atoms. The lowest BCUT2D eigenvalue weighted by Crippen LogP contribution is -2.32. The second-order valence-electron chi connectivity index (χ2n) is 4.41. The van der Waals surface area contributed by atoms with Gasteiger partial charge in [-0.05, 0) is 37.6 Å². The van der Waals surface area contributed by atoms with Gasteiger partial charge < -0.3 is 14.8 Å². The Balaban J connectivity index is 0.00000180. The Kier molecular flexibility index (Phi) is 6.84. The molecular formula is C14H20ClNO3. The zero-order chi connectivity index (χ0) is 12.8. The van der Waals surface area contributed by atoms with E-state index in [-0.39, 0.29) is 24.5 Å². The molecular weight excluding hydrogens is 266 g/mol. The zero-order valence-corrected chi connectivity index (χ0v) is 11.9. The minimum Gasteiger partial charge on any atom is -0.465 e. The summed E-state index contributed by atoms with van der Waals surface area (Å²) in [5.74, 6) is -0.306. The first kappa shape index (κ1) is 16.0. The number of nitrogens with one attached hydrogen (secondary N) is 1. The Hall–Kier alpha value is -1.10. The SMILES string of the molecule is COC(=O)c1ccccc1COC1CCNCC1.Cl. The van der Waals surface area contributed by atoms with Gasteiger partial charge in [-0.1, -0.05) is 18.2 Å². The Morgan fingerprint density at radius 3 is 2.68 bits per heavy atom. The summed E-state index contributed by atoms with van der Waals surface area (Å²) in [6.07, 6.45) is 2.35. The highest BCUT2D eigenvalue weighted by atomic mass is 35.5. The molecule has 0 amide bonds. The third-order valence-corrected chi connectivity index (χ3v) is 3.18. The summed E-state index contributed by atoms with van der Waals surface area (Å²) >= 11 is 0. The highest BCUT2D eigenvalue weighted by Gasteiger charge is 2.15. The number of hydrogen-bond donors (Lipinski definition) is 1. The third-order valence-electron chi connectivity index (χ3n) is 3.18. The Bertz CT molecular complexity index is 405. The second-order valence-corrected chi connectivity index (χ2v) is 4.41. The molecule has 1 aromatic carbocycles. The predicted molar refractivity (Wildman–Crippen MR) is 75.7 cm³/mol. The standard InChI is InChI=1S/C14H19NO3.ClH/c1-17-14(16)13-5-3-2-4-11(13)10-18-12-6-8-15-9-7-12;/h2-5,12,15H,6-10H2,1H3;1H. The van der Waals surface area contributed by atoms with E-state index in [9.17, 15) is 4.79 Å². The Morgan fingerprint density at radius 1 is 1.32 bits per heavy atom. The highest BCUT2D eigenvalue weighted by Crippen LogP contribution is 2.15. The van der Waals surface area contributed by atoms with E-state index in [1.807, 2.05) is 18.2 Å². The molecule has 0 atom stereocenters. The summed E-state index contributed by atoms with van der Waals surface area (Å²) in [5, 5.41) is 3.30. The van der Waals surface area contributed by atoms with E-state index in [0.29, 0.717) is 12.2 Å². The Morgan fingerprint density at radius 2 is 2.00 bits per heavy atom. The van der Waals surface area contributed by atoms with Gasteiger partial charge in [0.15, 0.2) is 0 Å². The maximum absolute atomic E-state index is 11.6. The summed E-state index contributed by atoms with van der Waals surface area (Å²) in [7, 11) is 1.40. The minimum atomic E-state index is -0.306. The first-order valence-corrected chi connectivity index (χ1v) is 6.30. The fourth-order valence-electron chi connectivity index (χ4n) is 2.12. The lowest BCUT2D eigenvalue weighted by Gasteiger charge is -2.23. The van der Waals surface area contributed by atoms with Gasteiger partial charge in [-0.15, -0.1) is 12.4 Å². The van der Waals surface area contributed by atoms with Crippen molar-refractivity contribution < 1.29 is 14.3 Å². The summed E-state index contributed by atoms with van der Waals surface area (Å²) in [6.45, 7) is 2.47. The minimum absolute atomic E-state index is 0. The van der Waals surface area contributed by atoms with Crippen LogP contribution in [0.4, 0.5) is 0 Å². The zero-order valence-electron chi connectivity index (χ0n) is 11.1. The molecule has 0 unspecified atom stereocenters. The van der Waals surface area contributed by atoms with Gasteiger partial charge in [0.2, 0.25) is 0 Å². The molecule has 1 N–H and O–H groups in total. The quantitative estimate of drug-likeness (QED) is 0.861. The van der Waals surface area contributed by atoms with Gasteiger partial charge in [0.1, 0.15) is 0 Å². The largest absolute Gasteiger partial charge is 0.465 e. The molecule has 19 heavy (non-hydrogen) atoms. The van der Waals surface area contributed by atoms with Crippen LogP contribution in [-0.4, -0.2) is 32.3 Å². The topological polar surface area (TPSA) is 47.6 Å². The van der Waals surface area contributed by atoms with Crippen LogP contribution < -0.4 is 5.32 Å². The van der Waals surface area contributed by atoms with Crippen LogP contribution in [0.15, 0.2) is 24.3 Å². The molecule has 1 saturated heterocycles. The van der Waals surface area contributed by atoms with Gasteiger partial charge >= 0.3 is 5.97 Å². The van der Waals surface area contributed by atoms with E-state index in [2.05, 4.69) is 5.32 Å². The van der Waals surface area contributed by atoms with E-state index in [1.165, 1.54) is 7.11 Å². The molecule has 4 nitrogen and oxygen atoms in total. The van der Waals surface area contributed by atoms with Crippen molar-refractivity contribution in [3.05, 3.63) is 35.4 Å². The molecule has 0 saturated carbocycles. The lowest BCUT2D eigenvalue weighted by atomic mass is 10.1. The fraction of sp³-hybridized carbons (Fsp3) is 0.500. The van der Waals surface area contributed by atoms with Crippen molar-refractivity contribution in [2.24, 2.45) is 0 Å². The number of carbonyl (C=O) groups is 1. The fourth-order valence-corrected chi connectivity index (χ4v) is 2.12. The first-order valence-electron chi connectivity index (χ1n) is 6.30. The predicted octanol–water partition coefficient (Wildman–Crippen LogP) is 2.16. The number of benzene rings is 1. The van der Waals surface area contributed by atoms with Crippen LogP contribution >= 0.6 is 12.4 Å². The number of ether oxygens (including phenoxy) is 2. The van der Waals surface area contributed by atoms with Crippen LogP contribution in [0.25, 0.3) is 0 Å². The number of rotatable bonds is 4. The van der Waals surface area contributed by atoms with Gasteiger partial charge in [0.05, 0.1) is 25.4 Å². The molecule has 106 valence electrons. The van der Waals surface area contributed by atoms with Crippen LogP contribution in [0.2, 0.25) is 0 Å². The third kappa shape index (κ3) is 4.49. The maximum atomic E-state index is 11.6. The monoisotopic (exact) mass is 285 g/mol. The number of methoxy groups -OCH3 is 1. The normalized spacial score (nSPS) is 15.6. The van der Waals surface area contributed by atoms with Crippen molar-refractivity contribution in [1.29, 1.82) is 0 Å². The first-order chi connectivity index (χ1) is 8.81. The number of halogens is 1. The Labute approximate surface area is 119 Å². The number of carbonyl (C=O) groups excluding carboxylic acids is 1. The molecule has 2 rings (SSSR count). The second kappa shape index (κ2) is 8.15. The van der Waals surface area contributed by atoms with Crippen molar-refractivity contribution in [2.45, 2.75) is 25.6 Å². The van der Waals surface area contributed by atoms with E-state index < -0.39 is 0 Å². The maximum Gasteiger partial charge on any atom is 0.338 e. The molecule has 0 radical (unpaired) electrons. The molecule has 1 aromatic rings. The van der Waals surface area contributed by atoms with Crippen molar-refractivity contribution in [3.8, 4) is 0 Å². The highest BCUT2D eigenvalue weighted by molar-refractivity contribution is 5.90. The van der Waals surface area contributed by atoms with Gasteiger partial charge in [-0.3, -0.25) is 0 Å². The molecule has 0 aromatic heterocycles. The molecule has 1 fully saturated rings. The van der Waals surface area contributed by atoms with Gasteiger partial charge in [-0.25, -0.2) is 4.79 Å². The number of piperidine rings is 1. The summed E-state index contributed by atoms with van der Waals surface area (Å²) in [5.41, 5.74) is 1.48. The molecule has 5 heteroatoms. The molecule has 0 spiro atoms. The number of esters is 1.